The van der Waals surface area contributed by atoms with E-state index in [9.17, 15) is 0 Å². The lowest BCUT2D eigenvalue weighted by molar-refractivity contribution is 0.738. The van der Waals surface area contributed by atoms with Crippen LogP contribution >= 0.6 is 0 Å². The fraction of sp³-hybridized carbons (Fsp3) is 0.133. The number of hydrogen-bond donors (Lipinski definition) is 0. The molecule has 1 aromatic carbocycles. The molecule has 0 bridgehead atoms. The SMILES string of the molecule is c1ccc(Cc2nncn2Cc2cccnc2)cc1. The number of rotatable bonds is 4. The lowest BCUT2D eigenvalue weighted by Gasteiger charge is -2.06. The van der Waals surface area contributed by atoms with Gasteiger partial charge in [-0.2, -0.15) is 0 Å². The van der Waals surface area contributed by atoms with Crippen molar-refractivity contribution in [1.82, 2.24) is 19.7 Å². The number of aromatic nitrogens is 4. The molecule has 0 saturated carbocycles. The summed E-state index contributed by atoms with van der Waals surface area (Å²) in [6.45, 7) is 0.753. The normalized spacial score (nSPS) is 10.5. The number of pyridine rings is 1. The zero-order valence-corrected chi connectivity index (χ0v) is 10.5. The van der Waals surface area contributed by atoms with E-state index in [2.05, 4.69) is 37.9 Å². The van der Waals surface area contributed by atoms with Gasteiger partial charge in [0.1, 0.15) is 12.2 Å². The molecule has 0 unspecified atom stereocenters. The molecule has 0 atom stereocenters. The van der Waals surface area contributed by atoms with Gasteiger partial charge in [-0.3, -0.25) is 4.98 Å². The van der Waals surface area contributed by atoms with Crippen LogP contribution in [0.1, 0.15) is 17.0 Å². The van der Waals surface area contributed by atoms with E-state index >= 15 is 0 Å². The highest BCUT2D eigenvalue weighted by Gasteiger charge is 2.05. The van der Waals surface area contributed by atoms with E-state index in [1.165, 1.54) is 5.56 Å². The molecular formula is C15H14N4. The van der Waals surface area contributed by atoms with Crippen molar-refractivity contribution in [2.24, 2.45) is 0 Å². The molecule has 3 aromatic rings. The van der Waals surface area contributed by atoms with Crippen molar-refractivity contribution < 1.29 is 0 Å². The maximum absolute atomic E-state index is 4.20. The van der Waals surface area contributed by atoms with Crippen LogP contribution in [0.4, 0.5) is 0 Å². The van der Waals surface area contributed by atoms with Gasteiger partial charge in [-0.1, -0.05) is 36.4 Å². The molecule has 0 amide bonds. The summed E-state index contributed by atoms with van der Waals surface area (Å²) in [7, 11) is 0. The van der Waals surface area contributed by atoms with Gasteiger partial charge in [-0.05, 0) is 17.2 Å². The Kier molecular flexibility index (Phi) is 3.32. The average Bonchev–Trinajstić information content (AvgIpc) is 2.88. The van der Waals surface area contributed by atoms with Crippen LogP contribution in [0.5, 0.6) is 0 Å². The Morgan fingerprint density at radius 2 is 1.79 bits per heavy atom. The molecule has 4 nitrogen and oxygen atoms in total. The van der Waals surface area contributed by atoms with Crippen molar-refractivity contribution in [3.05, 3.63) is 78.1 Å². The van der Waals surface area contributed by atoms with Crippen LogP contribution in [0, 0.1) is 0 Å². The van der Waals surface area contributed by atoms with Crippen molar-refractivity contribution in [3.63, 3.8) is 0 Å². The second kappa shape index (κ2) is 5.44. The Morgan fingerprint density at radius 1 is 0.947 bits per heavy atom. The Labute approximate surface area is 111 Å². The van der Waals surface area contributed by atoms with Gasteiger partial charge in [-0.15, -0.1) is 10.2 Å². The van der Waals surface area contributed by atoms with E-state index in [4.69, 9.17) is 0 Å². The third kappa shape index (κ3) is 2.85. The van der Waals surface area contributed by atoms with Crippen LogP contribution in [0.2, 0.25) is 0 Å². The molecule has 2 aromatic heterocycles. The smallest absolute Gasteiger partial charge is 0.137 e. The van der Waals surface area contributed by atoms with Crippen LogP contribution < -0.4 is 0 Å². The predicted octanol–water partition coefficient (Wildman–Crippen LogP) is 2.31. The first-order chi connectivity index (χ1) is 9.42. The van der Waals surface area contributed by atoms with Crippen LogP contribution in [0.15, 0.2) is 61.2 Å². The summed E-state index contributed by atoms with van der Waals surface area (Å²) in [5.74, 6) is 0.968. The monoisotopic (exact) mass is 250 g/mol. The largest absolute Gasteiger partial charge is 0.313 e. The Hall–Kier alpha value is -2.49. The summed E-state index contributed by atoms with van der Waals surface area (Å²) in [6.07, 6.45) is 6.21. The Balaban J connectivity index is 1.79. The Morgan fingerprint density at radius 3 is 2.58 bits per heavy atom. The second-order valence-electron chi connectivity index (χ2n) is 4.40. The van der Waals surface area contributed by atoms with Crippen LogP contribution in [-0.4, -0.2) is 19.7 Å². The first-order valence-electron chi connectivity index (χ1n) is 6.21. The van der Waals surface area contributed by atoms with Crippen molar-refractivity contribution in [2.45, 2.75) is 13.0 Å². The maximum atomic E-state index is 4.20. The van der Waals surface area contributed by atoms with Crippen molar-refractivity contribution in [1.29, 1.82) is 0 Å². The highest BCUT2D eigenvalue weighted by Crippen LogP contribution is 2.08. The van der Waals surface area contributed by atoms with E-state index in [1.54, 1.807) is 12.5 Å². The fourth-order valence-corrected chi connectivity index (χ4v) is 2.01. The molecule has 19 heavy (non-hydrogen) atoms. The molecule has 0 saturated heterocycles. The molecule has 0 aliphatic carbocycles. The van der Waals surface area contributed by atoms with E-state index in [0.29, 0.717) is 0 Å². The summed E-state index contributed by atoms with van der Waals surface area (Å²) >= 11 is 0. The number of nitrogens with zero attached hydrogens (tertiary/aromatic N) is 4. The van der Waals surface area contributed by atoms with Crippen LogP contribution in [0.3, 0.4) is 0 Å². The van der Waals surface area contributed by atoms with Gasteiger partial charge >= 0.3 is 0 Å². The van der Waals surface area contributed by atoms with Gasteiger partial charge in [0.2, 0.25) is 0 Å². The predicted molar refractivity (Wildman–Crippen MR) is 72.6 cm³/mol. The van der Waals surface area contributed by atoms with Gasteiger partial charge in [0.25, 0.3) is 0 Å². The third-order valence-electron chi connectivity index (χ3n) is 2.98. The van der Waals surface area contributed by atoms with E-state index in [1.807, 2.05) is 30.5 Å². The van der Waals surface area contributed by atoms with Gasteiger partial charge < -0.3 is 4.57 Å². The topological polar surface area (TPSA) is 43.6 Å². The van der Waals surface area contributed by atoms with Gasteiger partial charge in [0.05, 0.1) is 6.54 Å². The van der Waals surface area contributed by atoms with E-state index < -0.39 is 0 Å². The number of benzene rings is 1. The van der Waals surface area contributed by atoms with Crippen molar-refractivity contribution in [3.8, 4) is 0 Å². The molecule has 0 aliphatic rings. The zero-order valence-electron chi connectivity index (χ0n) is 10.5. The Bertz CT molecular complexity index is 576. The molecule has 0 fully saturated rings. The standard InChI is InChI=1S/C15H14N4/c1-2-5-13(6-3-1)9-15-18-17-12-19(15)11-14-7-4-8-16-10-14/h1-8,10,12H,9,11H2. The average molecular weight is 250 g/mol. The van der Waals surface area contributed by atoms with Gasteiger partial charge in [0.15, 0.2) is 0 Å². The summed E-state index contributed by atoms with van der Waals surface area (Å²) in [5.41, 5.74) is 2.39. The molecular weight excluding hydrogens is 236 g/mol. The first kappa shape index (κ1) is 11.6. The maximum Gasteiger partial charge on any atom is 0.137 e. The zero-order chi connectivity index (χ0) is 12.9. The van der Waals surface area contributed by atoms with Crippen LogP contribution in [0.25, 0.3) is 0 Å². The van der Waals surface area contributed by atoms with Crippen molar-refractivity contribution in [2.75, 3.05) is 0 Å². The minimum Gasteiger partial charge on any atom is -0.313 e. The molecule has 3 rings (SSSR count). The quantitative estimate of drug-likeness (QED) is 0.713. The molecule has 4 heteroatoms. The van der Waals surface area contributed by atoms with E-state index in [-0.39, 0.29) is 0 Å². The second-order valence-corrected chi connectivity index (χ2v) is 4.40. The van der Waals surface area contributed by atoms with Gasteiger partial charge in [0, 0.05) is 18.8 Å². The van der Waals surface area contributed by atoms with Gasteiger partial charge in [-0.25, -0.2) is 0 Å². The molecule has 2 heterocycles. The fourth-order valence-electron chi connectivity index (χ4n) is 2.01. The summed E-state index contributed by atoms with van der Waals surface area (Å²) in [6, 6.07) is 14.3. The summed E-state index contributed by atoms with van der Waals surface area (Å²) < 4.78 is 2.06. The molecule has 0 aliphatic heterocycles. The summed E-state index contributed by atoms with van der Waals surface area (Å²) in [5, 5.41) is 8.21. The van der Waals surface area contributed by atoms with E-state index in [0.717, 1.165) is 24.4 Å². The lowest BCUT2D eigenvalue weighted by atomic mass is 10.1. The molecule has 0 N–H and O–H groups in total. The highest BCUT2D eigenvalue weighted by molar-refractivity contribution is 5.19. The molecule has 94 valence electrons. The summed E-state index contributed by atoms with van der Waals surface area (Å²) in [4.78, 5) is 4.12. The van der Waals surface area contributed by atoms with Crippen molar-refractivity contribution >= 4 is 0 Å². The van der Waals surface area contributed by atoms with Crippen LogP contribution in [-0.2, 0) is 13.0 Å². The lowest BCUT2D eigenvalue weighted by Crippen LogP contribution is -2.05. The first-order valence-corrected chi connectivity index (χ1v) is 6.21. The minimum atomic E-state index is 0.753. The molecule has 0 spiro atoms. The molecule has 0 radical (unpaired) electrons. The highest BCUT2D eigenvalue weighted by atomic mass is 15.3. The minimum absolute atomic E-state index is 0.753. The number of hydrogen-bond acceptors (Lipinski definition) is 3. The third-order valence-corrected chi connectivity index (χ3v) is 2.98.